The lowest BCUT2D eigenvalue weighted by Gasteiger charge is -2.40. The van der Waals surface area contributed by atoms with Gasteiger partial charge in [-0.2, -0.15) is 0 Å². The molecular weight excluding hydrogens is 316 g/mol. The van der Waals surface area contributed by atoms with Crippen LogP contribution in [0.5, 0.6) is 0 Å². The molecule has 2 aromatic carbocycles. The Labute approximate surface area is 158 Å². The van der Waals surface area contributed by atoms with Gasteiger partial charge >= 0.3 is 0 Å². The molecule has 26 heavy (non-hydrogen) atoms. The molecule has 0 bridgehead atoms. The van der Waals surface area contributed by atoms with Gasteiger partial charge in [-0.1, -0.05) is 60.7 Å². The fourth-order valence-electron chi connectivity index (χ4n) is 5.26. The number of nitrogens with zero attached hydrogens (tertiary/aromatic N) is 2. The van der Waals surface area contributed by atoms with Crippen LogP contribution in [0.4, 0.5) is 0 Å². The van der Waals surface area contributed by atoms with Crippen LogP contribution in [-0.2, 0) is 0 Å². The third-order valence-corrected chi connectivity index (χ3v) is 6.69. The third-order valence-electron chi connectivity index (χ3n) is 6.69. The summed E-state index contributed by atoms with van der Waals surface area (Å²) in [4.78, 5) is 5.58. The molecule has 2 heterocycles. The number of hydrogen-bond donors (Lipinski definition) is 0. The van der Waals surface area contributed by atoms with E-state index in [-0.39, 0.29) is 0 Å². The molecular formula is C24H32N2. The Kier molecular flexibility index (Phi) is 5.42. The molecule has 138 valence electrons. The number of likely N-dealkylation sites (tertiary alicyclic amines) is 2. The Morgan fingerprint density at radius 1 is 0.654 bits per heavy atom. The maximum absolute atomic E-state index is 2.79. The van der Waals surface area contributed by atoms with E-state index in [1.54, 1.807) is 0 Å². The van der Waals surface area contributed by atoms with Crippen LogP contribution in [0, 0.1) is 0 Å². The molecule has 2 aromatic rings. The molecule has 2 saturated heterocycles. The minimum Gasteiger partial charge on any atom is -0.292 e. The Balaban J connectivity index is 1.53. The van der Waals surface area contributed by atoms with E-state index in [1.807, 2.05) is 0 Å². The van der Waals surface area contributed by atoms with Gasteiger partial charge in [0.15, 0.2) is 0 Å². The molecule has 0 amide bonds. The van der Waals surface area contributed by atoms with Crippen molar-refractivity contribution in [1.82, 2.24) is 9.80 Å². The van der Waals surface area contributed by atoms with Gasteiger partial charge in [-0.15, -0.1) is 0 Å². The van der Waals surface area contributed by atoms with Crippen LogP contribution in [0.1, 0.15) is 62.7 Å². The van der Waals surface area contributed by atoms with Gasteiger partial charge in [-0.25, -0.2) is 0 Å². The van der Waals surface area contributed by atoms with Crippen molar-refractivity contribution in [2.45, 2.75) is 63.7 Å². The molecule has 2 fully saturated rings. The van der Waals surface area contributed by atoms with Gasteiger partial charge < -0.3 is 0 Å². The molecule has 4 rings (SSSR count). The van der Waals surface area contributed by atoms with E-state index in [1.165, 1.54) is 49.9 Å². The summed E-state index contributed by atoms with van der Waals surface area (Å²) in [7, 11) is 0. The Bertz CT molecular complexity index is 622. The number of rotatable bonds is 5. The first kappa shape index (κ1) is 17.8. The highest BCUT2D eigenvalue weighted by Crippen LogP contribution is 2.38. The summed E-state index contributed by atoms with van der Waals surface area (Å²) >= 11 is 0. The van der Waals surface area contributed by atoms with E-state index in [0.29, 0.717) is 24.2 Å². The summed E-state index contributed by atoms with van der Waals surface area (Å²) in [5.41, 5.74) is 2.92. The third kappa shape index (κ3) is 3.45. The second-order valence-corrected chi connectivity index (χ2v) is 8.07. The van der Waals surface area contributed by atoms with Crippen LogP contribution in [0.2, 0.25) is 0 Å². The van der Waals surface area contributed by atoms with Gasteiger partial charge in [0.1, 0.15) is 0 Å². The molecule has 2 aliphatic heterocycles. The number of hydrogen-bond acceptors (Lipinski definition) is 2. The molecule has 0 unspecified atom stereocenters. The second kappa shape index (κ2) is 7.94. The average Bonchev–Trinajstić information content (AvgIpc) is 3.37. The SMILES string of the molecule is C[C@@H](c1ccccc1)N1CCC[C@@H]1[C@H]1CCCN1[C@@H](C)c1ccccc1. The van der Waals surface area contributed by atoms with Crippen LogP contribution in [-0.4, -0.2) is 35.0 Å². The van der Waals surface area contributed by atoms with E-state index >= 15 is 0 Å². The van der Waals surface area contributed by atoms with E-state index < -0.39 is 0 Å². The lowest BCUT2D eigenvalue weighted by atomic mass is 9.98. The first-order valence-electron chi connectivity index (χ1n) is 10.4. The quantitative estimate of drug-likeness (QED) is 0.710. The molecule has 2 heteroatoms. The van der Waals surface area contributed by atoms with Crippen molar-refractivity contribution in [1.29, 1.82) is 0 Å². The highest BCUT2D eigenvalue weighted by Gasteiger charge is 2.41. The van der Waals surface area contributed by atoms with E-state index in [2.05, 4.69) is 84.3 Å². The first-order valence-corrected chi connectivity index (χ1v) is 10.4. The van der Waals surface area contributed by atoms with Crippen molar-refractivity contribution >= 4 is 0 Å². The van der Waals surface area contributed by atoms with Crippen LogP contribution >= 0.6 is 0 Å². The highest BCUT2D eigenvalue weighted by atomic mass is 15.3. The van der Waals surface area contributed by atoms with E-state index in [0.717, 1.165) is 0 Å². The predicted molar refractivity (Wildman–Crippen MR) is 109 cm³/mol. The Morgan fingerprint density at radius 2 is 1.04 bits per heavy atom. The minimum atomic E-state index is 0.512. The molecule has 0 spiro atoms. The summed E-state index contributed by atoms with van der Waals surface area (Å²) in [5.74, 6) is 0. The lowest BCUT2D eigenvalue weighted by Crippen LogP contribution is -2.47. The van der Waals surface area contributed by atoms with E-state index in [4.69, 9.17) is 0 Å². The molecule has 2 nitrogen and oxygen atoms in total. The molecule has 0 saturated carbocycles. The van der Waals surface area contributed by atoms with Crippen LogP contribution in [0.25, 0.3) is 0 Å². The average molecular weight is 349 g/mol. The normalized spacial score (nSPS) is 26.8. The Hall–Kier alpha value is -1.64. The summed E-state index contributed by atoms with van der Waals surface area (Å²) in [6, 6.07) is 24.5. The predicted octanol–water partition coefficient (Wildman–Crippen LogP) is 5.44. The highest BCUT2D eigenvalue weighted by molar-refractivity contribution is 5.21. The monoisotopic (exact) mass is 348 g/mol. The number of benzene rings is 2. The topological polar surface area (TPSA) is 6.48 Å². The standard InChI is InChI=1S/C24H32N2/c1-19(21-11-5-3-6-12-21)25-17-9-15-23(25)24-16-10-18-26(24)20(2)22-13-7-4-8-14-22/h3-8,11-14,19-20,23-24H,9-10,15-18H2,1-2H3/t19-,20-,23+,24+/m0/s1. The van der Waals surface area contributed by atoms with Crippen molar-refractivity contribution in [3.8, 4) is 0 Å². The zero-order valence-electron chi connectivity index (χ0n) is 16.2. The zero-order chi connectivity index (χ0) is 17.9. The second-order valence-electron chi connectivity index (χ2n) is 8.07. The van der Waals surface area contributed by atoms with Crippen LogP contribution in [0.3, 0.4) is 0 Å². The molecule has 0 aromatic heterocycles. The smallest absolute Gasteiger partial charge is 0.0323 e. The van der Waals surface area contributed by atoms with Gasteiger partial charge in [-0.3, -0.25) is 9.80 Å². The van der Waals surface area contributed by atoms with Gasteiger partial charge in [0, 0.05) is 24.2 Å². The summed E-state index contributed by atoms with van der Waals surface area (Å²) in [6.45, 7) is 7.27. The van der Waals surface area contributed by atoms with Crippen molar-refractivity contribution in [2.75, 3.05) is 13.1 Å². The van der Waals surface area contributed by atoms with Crippen molar-refractivity contribution in [2.24, 2.45) is 0 Å². The fourth-order valence-corrected chi connectivity index (χ4v) is 5.26. The summed E-state index contributed by atoms with van der Waals surface area (Å²) in [6.07, 6.45) is 5.37. The van der Waals surface area contributed by atoms with Gasteiger partial charge in [-0.05, 0) is 63.7 Å². The summed E-state index contributed by atoms with van der Waals surface area (Å²) < 4.78 is 0. The first-order chi connectivity index (χ1) is 12.8. The van der Waals surface area contributed by atoms with Gasteiger partial charge in [0.25, 0.3) is 0 Å². The van der Waals surface area contributed by atoms with E-state index in [9.17, 15) is 0 Å². The molecule has 2 aliphatic rings. The maximum Gasteiger partial charge on any atom is 0.0323 e. The van der Waals surface area contributed by atoms with Crippen molar-refractivity contribution in [3.63, 3.8) is 0 Å². The summed E-state index contributed by atoms with van der Waals surface area (Å²) in [5, 5.41) is 0. The molecule has 0 radical (unpaired) electrons. The van der Waals surface area contributed by atoms with Crippen molar-refractivity contribution in [3.05, 3.63) is 71.8 Å². The largest absolute Gasteiger partial charge is 0.292 e. The zero-order valence-corrected chi connectivity index (χ0v) is 16.2. The minimum absolute atomic E-state index is 0.512. The van der Waals surface area contributed by atoms with Crippen LogP contribution < -0.4 is 0 Å². The molecule has 4 atom stereocenters. The van der Waals surface area contributed by atoms with Gasteiger partial charge in [0.2, 0.25) is 0 Å². The molecule has 0 aliphatic carbocycles. The van der Waals surface area contributed by atoms with Crippen LogP contribution in [0.15, 0.2) is 60.7 Å². The maximum atomic E-state index is 2.79. The Morgan fingerprint density at radius 3 is 1.42 bits per heavy atom. The van der Waals surface area contributed by atoms with Gasteiger partial charge in [0.05, 0.1) is 0 Å². The van der Waals surface area contributed by atoms with Crippen molar-refractivity contribution < 1.29 is 0 Å². The lowest BCUT2D eigenvalue weighted by molar-refractivity contribution is 0.0840. The fraction of sp³-hybridized carbons (Fsp3) is 0.500. The molecule has 0 N–H and O–H groups in total.